The Kier molecular flexibility index (Phi) is 4.09. The number of benzene rings is 1. The zero-order chi connectivity index (χ0) is 15.0. The van der Waals surface area contributed by atoms with Gasteiger partial charge in [0.1, 0.15) is 5.75 Å². The van der Waals surface area contributed by atoms with Crippen molar-refractivity contribution in [2.75, 3.05) is 20.2 Å². The number of hydrogen-bond donors (Lipinski definition) is 0. The van der Waals surface area contributed by atoms with Crippen molar-refractivity contribution in [1.82, 2.24) is 4.90 Å². The second-order valence-corrected chi connectivity index (χ2v) is 6.27. The number of methoxy groups -OCH3 is 1. The lowest BCUT2D eigenvalue weighted by Crippen LogP contribution is -2.44. The predicted octanol–water partition coefficient (Wildman–Crippen LogP) is 2.99. The molecule has 5 heteroatoms. The highest BCUT2D eigenvalue weighted by Gasteiger charge is 2.38. The summed E-state index contributed by atoms with van der Waals surface area (Å²) in [5.41, 5.74) is 0.515. The molecule has 21 heavy (non-hydrogen) atoms. The molecule has 2 saturated heterocycles. The Bertz CT molecular complexity index is 548. The molecule has 2 fully saturated rings. The summed E-state index contributed by atoms with van der Waals surface area (Å²) in [5.74, 6) is 1.08. The van der Waals surface area contributed by atoms with Gasteiger partial charge in [-0.15, -0.1) is 0 Å². The van der Waals surface area contributed by atoms with Gasteiger partial charge >= 0.3 is 0 Å². The highest BCUT2D eigenvalue weighted by molar-refractivity contribution is 6.33. The van der Waals surface area contributed by atoms with Crippen LogP contribution in [0, 0.1) is 5.92 Å². The molecule has 4 nitrogen and oxygen atoms in total. The third kappa shape index (κ3) is 2.87. The van der Waals surface area contributed by atoms with E-state index in [9.17, 15) is 4.79 Å². The minimum absolute atomic E-state index is 0.0168. The molecule has 0 N–H and O–H groups in total. The Morgan fingerprint density at radius 2 is 2.29 bits per heavy atom. The van der Waals surface area contributed by atoms with Gasteiger partial charge in [0.05, 0.1) is 29.9 Å². The summed E-state index contributed by atoms with van der Waals surface area (Å²) < 4.78 is 11.1. The average molecular weight is 310 g/mol. The highest BCUT2D eigenvalue weighted by atomic mass is 35.5. The van der Waals surface area contributed by atoms with Gasteiger partial charge in [-0.1, -0.05) is 11.6 Å². The molecule has 114 valence electrons. The second kappa shape index (κ2) is 5.85. The van der Waals surface area contributed by atoms with Crippen LogP contribution in [0.2, 0.25) is 5.02 Å². The van der Waals surface area contributed by atoms with E-state index < -0.39 is 0 Å². The van der Waals surface area contributed by atoms with E-state index in [0.717, 1.165) is 25.9 Å². The van der Waals surface area contributed by atoms with E-state index in [2.05, 4.69) is 6.92 Å². The zero-order valence-electron chi connectivity index (χ0n) is 12.3. The molecule has 1 aromatic carbocycles. The largest absolute Gasteiger partial charge is 0.497 e. The van der Waals surface area contributed by atoms with Gasteiger partial charge in [-0.3, -0.25) is 4.79 Å². The average Bonchev–Trinajstić information content (AvgIpc) is 2.86. The summed E-state index contributed by atoms with van der Waals surface area (Å²) in [4.78, 5) is 14.6. The van der Waals surface area contributed by atoms with Crippen molar-refractivity contribution in [3.8, 4) is 5.75 Å². The molecule has 3 rings (SSSR count). The molecule has 0 aliphatic carbocycles. The van der Waals surface area contributed by atoms with Crippen molar-refractivity contribution in [1.29, 1.82) is 0 Å². The van der Waals surface area contributed by atoms with Crippen LogP contribution in [0.15, 0.2) is 18.2 Å². The van der Waals surface area contributed by atoms with E-state index in [1.807, 2.05) is 4.90 Å². The summed E-state index contributed by atoms with van der Waals surface area (Å²) in [5, 5.41) is 0.471. The fourth-order valence-electron chi connectivity index (χ4n) is 3.35. The fraction of sp³-hybridized carbons (Fsp3) is 0.562. The molecule has 2 heterocycles. The molecule has 0 aromatic heterocycles. The topological polar surface area (TPSA) is 38.8 Å². The monoisotopic (exact) mass is 309 g/mol. The number of carbonyl (C=O) groups is 1. The molecule has 2 aliphatic rings. The molecular formula is C16H20ClNO3. The quantitative estimate of drug-likeness (QED) is 0.843. The lowest BCUT2D eigenvalue weighted by atomic mass is 9.92. The van der Waals surface area contributed by atoms with Crippen molar-refractivity contribution >= 4 is 17.5 Å². The van der Waals surface area contributed by atoms with Crippen molar-refractivity contribution in [2.24, 2.45) is 5.92 Å². The maximum Gasteiger partial charge on any atom is 0.255 e. The highest BCUT2D eigenvalue weighted by Crippen LogP contribution is 2.34. The smallest absolute Gasteiger partial charge is 0.255 e. The van der Waals surface area contributed by atoms with Crippen LogP contribution in [0.1, 0.15) is 30.1 Å². The van der Waals surface area contributed by atoms with E-state index >= 15 is 0 Å². The second-order valence-electron chi connectivity index (χ2n) is 5.87. The molecule has 0 bridgehead atoms. The van der Waals surface area contributed by atoms with Gasteiger partial charge in [0.15, 0.2) is 0 Å². The Hall–Kier alpha value is -1.26. The first-order chi connectivity index (χ1) is 10.1. The van der Waals surface area contributed by atoms with Crippen molar-refractivity contribution in [3.05, 3.63) is 28.8 Å². The van der Waals surface area contributed by atoms with Crippen LogP contribution in [-0.4, -0.2) is 43.2 Å². The van der Waals surface area contributed by atoms with E-state index in [1.165, 1.54) is 0 Å². The summed E-state index contributed by atoms with van der Waals surface area (Å²) >= 11 is 6.17. The maximum absolute atomic E-state index is 12.7. The number of rotatable bonds is 2. The van der Waals surface area contributed by atoms with Crippen LogP contribution in [-0.2, 0) is 4.74 Å². The minimum Gasteiger partial charge on any atom is -0.497 e. The maximum atomic E-state index is 12.7. The van der Waals surface area contributed by atoms with Crippen LogP contribution >= 0.6 is 11.6 Å². The van der Waals surface area contributed by atoms with Gasteiger partial charge in [-0.2, -0.15) is 0 Å². The summed E-state index contributed by atoms with van der Waals surface area (Å²) in [6.45, 7) is 3.57. The SMILES string of the molecule is COc1ccc(Cl)c(C(=O)N2CC[C@H]3O[C@H](C)C[C@@H]3C2)c1. The van der Waals surface area contributed by atoms with Crippen LogP contribution < -0.4 is 4.74 Å². The Morgan fingerprint density at radius 1 is 1.48 bits per heavy atom. The third-order valence-corrected chi connectivity index (χ3v) is 4.73. The molecule has 0 radical (unpaired) electrons. The van der Waals surface area contributed by atoms with Gasteiger partial charge < -0.3 is 14.4 Å². The van der Waals surface area contributed by atoms with E-state index in [-0.39, 0.29) is 5.91 Å². The van der Waals surface area contributed by atoms with Crippen molar-refractivity contribution in [2.45, 2.75) is 32.0 Å². The van der Waals surface area contributed by atoms with E-state index in [1.54, 1.807) is 25.3 Å². The molecule has 0 unspecified atom stereocenters. The molecular weight excluding hydrogens is 290 g/mol. The number of likely N-dealkylation sites (tertiary alicyclic amines) is 1. The van der Waals surface area contributed by atoms with E-state index in [0.29, 0.717) is 34.5 Å². The molecule has 0 spiro atoms. The lowest BCUT2D eigenvalue weighted by molar-refractivity contribution is 0.00865. The number of amides is 1. The van der Waals surface area contributed by atoms with Gasteiger partial charge in [0.25, 0.3) is 5.91 Å². The minimum atomic E-state index is -0.0168. The molecule has 1 aromatic rings. The van der Waals surface area contributed by atoms with Crippen LogP contribution in [0.25, 0.3) is 0 Å². The third-order valence-electron chi connectivity index (χ3n) is 4.40. The van der Waals surface area contributed by atoms with Crippen LogP contribution in [0.4, 0.5) is 0 Å². The molecule has 0 saturated carbocycles. The van der Waals surface area contributed by atoms with Crippen molar-refractivity contribution in [3.63, 3.8) is 0 Å². The van der Waals surface area contributed by atoms with Crippen molar-refractivity contribution < 1.29 is 14.3 Å². The number of nitrogens with zero attached hydrogens (tertiary/aromatic N) is 1. The van der Waals surface area contributed by atoms with Crippen LogP contribution in [0.5, 0.6) is 5.75 Å². The summed E-state index contributed by atoms with van der Waals surface area (Å²) in [7, 11) is 1.58. The number of ether oxygens (including phenoxy) is 2. The molecule has 2 aliphatic heterocycles. The number of carbonyl (C=O) groups excluding carboxylic acids is 1. The number of piperidine rings is 1. The van der Waals surface area contributed by atoms with E-state index in [4.69, 9.17) is 21.1 Å². The summed E-state index contributed by atoms with van der Waals surface area (Å²) in [6, 6.07) is 5.18. The number of halogens is 1. The first kappa shape index (κ1) is 14.7. The zero-order valence-corrected chi connectivity index (χ0v) is 13.1. The van der Waals surface area contributed by atoms with Crippen LogP contribution in [0.3, 0.4) is 0 Å². The summed E-state index contributed by atoms with van der Waals surface area (Å²) in [6.07, 6.45) is 2.54. The fourth-order valence-corrected chi connectivity index (χ4v) is 3.54. The number of hydrogen-bond acceptors (Lipinski definition) is 3. The number of fused-ring (bicyclic) bond motifs is 1. The lowest BCUT2D eigenvalue weighted by Gasteiger charge is -2.34. The Morgan fingerprint density at radius 3 is 3.05 bits per heavy atom. The Labute approximate surface area is 130 Å². The normalized spacial score (nSPS) is 28.3. The first-order valence-electron chi connectivity index (χ1n) is 7.36. The molecule has 1 amide bonds. The van der Waals surface area contributed by atoms with Gasteiger partial charge in [-0.05, 0) is 38.0 Å². The van der Waals surface area contributed by atoms with Gasteiger partial charge in [-0.25, -0.2) is 0 Å². The Balaban J connectivity index is 1.77. The molecule has 3 atom stereocenters. The van der Waals surface area contributed by atoms with Gasteiger partial charge in [0.2, 0.25) is 0 Å². The van der Waals surface area contributed by atoms with Gasteiger partial charge in [0, 0.05) is 19.0 Å². The predicted molar refractivity (Wildman–Crippen MR) is 81.0 cm³/mol. The standard InChI is InChI=1S/C16H20ClNO3/c1-10-7-11-9-18(6-5-15(11)21-10)16(19)13-8-12(20-2)3-4-14(13)17/h3-4,8,10-11,15H,5-7,9H2,1-2H3/t10-,11-,15-/m1/s1. The first-order valence-corrected chi connectivity index (χ1v) is 7.74.